The van der Waals surface area contributed by atoms with Gasteiger partial charge in [0.2, 0.25) is 11.8 Å². The molecule has 2 amide bonds. The molecule has 2 fully saturated rings. The molecule has 1 aromatic rings. The zero-order valence-electron chi connectivity index (χ0n) is 16.8. The molecule has 0 aromatic heterocycles. The predicted molar refractivity (Wildman–Crippen MR) is 108 cm³/mol. The Labute approximate surface area is 171 Å². The Hall–Kier alpha value is -1.62. The monoisotopic (exact) mass is 428 g/mol. The minimum absolute atomic E-state index is 0.0521. The third-order valence-corrected chi connectivity index (χ3v) is 7.15. The lowest BCUT2D eigenvalue weighted by atomic mass is 9.93. The zero-order valence-corrected chi connectivity index (χ0v) is 17.8. The van der Waals surface area contributed by atoms with Gasteiger partial charge in [0.05, 0.1) is 12.0 Å². The highest BCUT2D eigenvalue weighted by atomic mass is 31.1. The Kier molecular flexibility index (Phi) is 6.87. The van der Waals surface area contributed by atoms with E-state index in [2.05, 4.69) is 13.8 Å². The lowest BCUT2D eigenvalue weighted by molar-refractivity contribution is -0.139. The molecule has 1 aromatic carbocycles. The maximum Gasteiger partial charge on any atom is 0.416 e. The van der Waals surface area contributed by atoms with Crippen LogP contribution >= 0.6 is 8.58 Å². The molecule has 2 heterocycles. The third kappa shape index (κ3) is 5.50. The predicted octanol–water partition coefficient (Wildman–Crippen LogP) is 3.99. The molecule has 2 aliphatic heterocycles. The van der Waals surface area contributed by atoms with Gasteiger partial charge in [-0.25, -0.2) is 0 Å². The number of fused-ring (bicyclic) bond motifs is 2. The molecule has 4 nitrogen and oxygen atoms in total. The second-order valence-corrected chi connectivity index (χ2v) is 9.59. The quantitative estimate of drug-likeness (QED) is 0.684. The van der Waals surface area contributed by atoms with Crippen molar-refractivity contribution in [2.75, 3.05) is 25.5 Å². The second-order valence-electron chi connectivity index (χ2n) is 8.36. The first-order valence-corrected chi connectivity index (χ1v) is 11.5. The van der Waals surface area contributed by atoms with Gasteiger partial charge in [0.15, 0.2) is 0 Å². The number of alkyl halides is 3. The van der Waals surface area contributed by atoms with E-state index in [0.29, 0.717) is 45.9 Å². The average molecular weight is 428 g/mol. The third-order valence-electron chi connectivity index (χ3n) is 5.84. The fourth-order valence-electron chi connectivity index (χ4n) is 4.13. The van der Waals surface area contributed by atoms with Gasteiger partial charge in [0, 0.05) is 31.8 Å². The molecular weight excluding hydrogens is 400 g/mol. The first kappa shape index (κ1) is 22.1. The van der Waals surface area contributed by atoms with E-state index in [0.717, 1.165) is 24.7 Å². The van der Waals surface area contributed by atoms with Gasteiger partial charge < -0.3 is 9.80 Å². The highest BCUT2D eigenvalue weighted by molar-refractivity contribution is 7.38. The van der Waals surface area contributed by atoms with Crippen LogP contribution in [0.4, 0.5) is 13.2 Å². The molecule has 3 atom stereocenters. The molecule has 160 valence electrons. The van der Waals surface area contributed by atoms with E-state index < -0.39 is 11.7 Å². The van der Waals surface area contributed by atoms with Crippen LogP contribution in [0.2, 0.25) is 0 Å². The van der Waals surface area contributed by atoms with Crippen molar-refractivity contribution >= 4 is 20.4 Å². The van der Waals surface area contributed by atoms with Crippen LogP contribution in [0.5, 0.6) is 0 Å². The van der Waals surface area contributed by atoms with E-state index >= 15 is 0 Å². The van der Waals surface area contributed by atoms with Gasteiger partial charge in [0.1, 0.15) is 0 Å². The Bertz CT molecular complexity index is 736. The van der Waals surface area contributed by atoms with Crippen molar-refractivity contribution in [2.45, 2.75) is 45.3 Å². The van der Waals surface area contributed by atoms with Gasteiger partial charge in [-0.3, -0.25) is 9.59 Å². The molecule has 0 spiro atoms. The lowest BCUT2D eigenvalue weighted by Gasteiger charge is -2.39. The van der Waals surface area contributed by atoms with Crippen LogP contribution in [0, 0.1) is 11.8 Å². The summed E-state index contributed by atoms with van der Waals surface area (Å²) in [6.45, 7) is 5.58. The van der Waals surface area contributed by atoms with Gasteiger partial charge in [0.25, 0.3) is 0 Å². The summed E-state index contributed by atoms with van der Waals surface area (Å²) < 4.78 is 38.2. The SMILES string of the molecule is CC(C)C1CPCN(C(=O)Cc2ccc(C(F)(F)F)cc2)C[C@H]2CCC(=O)N1C2. The molecule has 2 aliphatic rings. The van der Waals surface area contributed by atoms with Crippen LogP contribution in [-0.2, 0) is 22.2 Å². The smallest absolute Gasteiger partial charge is 0.339 e. The zero-order chi connectivity index (χ0) is 21.2. The van der Waals surface area contributed by atoms with Gasteiger partial charge >= 0.3 is 6.18 Å². The first-order chi connectivity index (χ1) is 13.6. The largest absolute Gasteiger partial charge is 0.416 e. The number of halogens is 3. The average Bonchev–Trinajstić information content (AvgIpc) is 2.72. The summed E-state index contributed by atoms with van der Waals surface area (Å²) in [5.41, 5.74) is -0.115. The van der Waals surface area contributed by atoms with Crippen molar-refractivity contribution in [2.24, 2.45) is 11.8 Å². The molecule has 0 N–H and O–H groups in total. The highest BCUT2D eigenvalue weighted by Gasteiger charge is 2.35. The molecule has 0 aliphatic carbocycles. The fourth-order valence-corrected chi connectivity index (χ4v) is 5.82. The maximum absolute atomic E-state index is 12.9. The number of carbonyl (C=O) groups is 2. The van der Waals surface area contributed by atoms with Crippen LogP contribution in [0.3, 0.4) is 0 Å². The van der Waals surface area contributed by atoms with Crippen molar-refractivity contribution in [3.63, 3.8) is 0 Å². The Morgan fingerprint density at radius 3 is 2.52 bits per heavy atom. The van der Waals surface area contributed by atoms with Crippen molar-refractivity contribution in [1.82, 2.24) is 9.80 Å². The molecule has 29 heavy (non-hydrogen) atoms. The van der Waals surface area contributed by atoms with Crippen molar-refractivity contribution < 1.29 is 22.8 Å². The number of hydrogen-bond donors (Lipinski definition) is 0. The van der Waals surface area contributed by atoms with Crippen molar-refractivity contribution in [3.8, 4) is 0 Å². The molecule has 0 radical (unpaired) electrons. The van der Waals surface area contributed by atoms with E-state index in [4.69, 9.17) is 0 Å². The van der Waals surface area contributed by atoms with E-state index in [9.17, 15) is 22.8 Å². The number of amides is 2. The number of benzene rings is 1. The number of hydrogen-bond acceptors (Lipinski definition) is 2. The standard InChI is InChI=1S/C21H28F3N2O2P/c1-14(2)18-12-29-13-25(10-16-5-8-19(27)26(18)11-16)20(28)9-15-3-6-17(7-4-15)21(22,23)24/h3-4,6-7,14,16,18,29H,5,8-13H2,1-2H3/t16-,18?/m1/s1. The summed E-state index contributed by atoms with van der Waals surface area (Å²) in [6.07, 6.45) is -1.42. The number of carbonyl (C=O) groups excluding carboxylic acids is 2. The normalized spacial score (nSPS) is 24.4. The summed E-state index contributed by atoms with van der Waals surface area (Å²) in [6, 6.07) is 5.04. The molecule has 2 unspecified atom stereocenters. The molecule has 2 bridgehead atoms. The second kappa shape index (κ2) is 9.03. The summed E-state index contributed by atoms with van der Waals surface area (Å²) in [7, 11) is 0.542. The Balaban J connectivity index is 1.68. The van der Waals surface area contributed by atoms with Crippen LogP contribution < -0.4 is 0 Å². The minimum Gasteiger partial charge on any atom is -0.339 e. The van der Waals surface area contributed by atoms with E-state index in [1.807, 2.05) is 9.80 Å². The summed E-state index contributed by atoms with van der Waals surface area (Å²) in [4.78, 5) is 29.2. The van der Waals surface area contributed by atoms with Gasteiger partial charge in [-0.05, 0) is 42.1 Å². The lowest BCUT2D eigenvalue weighted by Crippen LogP contribution is -2.50. The highest BCUT2D eigenvalue weighted by Crippen LogP contribution is 2.31. The fraction of sp³-hybridized carbons (Fsp3) is 0.619. The summed E-state index contributed by atoms with van der Waals surface area (Å²) in [5, 5.41) is 0. The van der Waals surface area contributed by atoms with Crippen molar-refractivity contribution in [3.05, 3.63) is 35.4 Å². The van der Waals surface area contributed by atoms with E-state index in [1.165, 1.54) is 12.1 Å². The summed E-state index contributed by atoms with van der Waals surface area (Å²) in [5.74, 6) is 0.797. The molecule has 2 saturated heterocycles. The summed E-state index contributed by atoms with van der Waals surface area (Å²) >= 11 is 0. The molecular formula is C21H28F3N2O2P. The van der Waals surface area contributed by atoms with Crippen molar-refractivity contribution in [1.29, 1.82) is 0 Å². The molecule has 8 heteroatoms. The Morgan fingerprint density at radius 2 is 1.90 bits per heavy atom. The van der Waals surface area contributed by atoms with E-state index in [-0.39, 0.29) is 30.2 Å². The van der Waals surface area contributed by atoms with Gasteiger partial charge in [-0.1, -0.05) is 34.6 Å². The van der Waals surface area contributed by atoms with Crippen LogP contribution in [0.25, 0.3) is 0 Å². The van der Waals surface area contributed by atoms with Gasteiger partial charge in [-0.2, -0.15) is 13.2 Å². The van der Waals surface area contributed by atoms with Crippen LogP contribution in [0.15, 0.2) is 24.3 Å². The topological polar surface area (TPSA) is 40.6 Å². The van der Waals surface area contributed by atoms with Crippen LogP contribution in [-0.4, -0.2) is 53.2 Å². The number of piperidine rings is 1. The number of nitrogens with zero attached hydrogens (tertiary/aromatic N) is 2. The van der Waals surface area contributed by atoms with Gasteiger partial charge in [-0.15, -0.1) is 0 Å². The first-order valence-electron chi connectivity index (χ1n) is 10.1. The van der Waals surface area contributed by atoms with Crippen LogP contribution in [0.1, 0.15) is 37.8 Å². The Morgan fingerprint density at radius 1 is 1.21 bits per heavy atom. The minimum atomic E-state index is -4.37. The molecule has 0 saturated carbocycles. The maximum atomic E-state index is 12.9. The molecule has 3 rings (SSSR count). The number of rotatable bonds is 3. The van der Waals surface area contributed by atoms with E-state index in [1.54, 1.807) is 0 Å².